The van der Waals surface area contributed by atoms with E-state index in [0.29, 0.717) is 0 Å². The van der Waals surface area contributed by atoms with Crippen LogP contribution in [-0.4, -0.2) is 369 Å². The van der Waals surface area contributed by atoms with Gasteiger partial charge >= 0.3 is 0 Å². The molecule has 0 saturated carbocycles. The lowest BCUT2D eigenvalue weighted by Gasteiger charge is -2.49. The molecule has 22 N–H and O–H groups in total. The van der Waals surface area contributed by atoms with Gasteiger partial charge in [-0.15, -0.1) is 0 Å². The maximum absolute atomic E-state index is 12.7. The summed E-state index contributed by atoms with van der Waals surface area (Å²) in [6, 6.07) is -4.98. The molecule has 7 saturated heterocycles. The number of aliphatic hydroxyl groups excluding tert-OH is 19. The Morgan fingerprint density at radius 2 is 0.640 bits per heavy atom. The van der Waals surface area contributed by atoms with E-state index < -0.39 is 272 Å². The van der Waals surface area contributed by atoms with Gasteiger partial charge in [-0.3, -0.25) is 14.4 Å². The summed E-state index contributed by atoms with van der Waals surface area (Å²) in [6.45, 7) is -0.807. The number of ether oxygens (including phenoxy) is 13. The van der Waals surface area contributed by atoms with Crippen molar-refractivity contribution in [2.45, 2.75) is 242 Å². The Balaban J connectivity index is 1.01. The van der Waals surface area contributed by atoms with Gasteiger partial charge in [0.05, 0.1) is 45.7 Å². The van der Waals surface area contributed by atoms with Crippen molar-refractivity contribution in [1.82, 2.24) is 16.0 Å². The lowest BCUT2D eigenvalue weighted by atomic mass is 9.94. The molecule has 1 unspecified atom stereocenters. The Bertz CT molecular complexity index is 2170. The fraction of sp³-hybridized carbons (Fsp3) is 0.938. The van der Waals surface area contributed by atoms with E-state index in [0.717, 1.165) is 20.8 Å². The zero-order valence-electron chi connectivity index (χ0n) is 46.5. The summed E-state index contributed by atoms with van der Waals surface area (Å²) in [6.07, 6.45) is -58.5. The molecule has 3 amide bonds. The summed E-state index contributed by atoms with van der Waals surface area (Å²) < 4.78 is 74.5. The topological polar surface area (TPSA) is 592 Å². The van der Waals surface area contributed by atoms with Crippen molar-refractivity contribution in [2.24, 2.45) is 0 Å². The molecule has 0 aliphatic carbocycles. The van der Waals surface area contributed by atoms with Crippen LogP contribution < -0.4 is 16.0 Å². The average molecular weight is 1260 g/mol. The predicted molar refractivity (Wildman–Crippen MR) is 265 cm³/mol. The second kappa shape index (κ2) is 30.5. The maximum atomic E-state index is 12.7. The van der Waals surface area contributed by atoms with E-state index in [1.807, 2.05) is 0 Å². The standard InChI is InChI=1S/C48H81N3O35/c1-11-24(58)31(65)35(69)45(77-11)76-10-20-41(28(62)21(42(73)78-20)49-12(2)55)84-44-23(51-14(4)57)30(64)40(17(7-54)81-44)86-48-38(72)34(68)27(61)19(83-48)9-75-46-36(70)33(67)26(60)18(82-46)8-74-43-22(50-13(3)56)29(63)39(16(6-53)80-43)85-47-37(71)32(66)25(59)15(5-52)79-47/h11,15-48,52-54,58-73H,5-10H2,1-4H3,(H,49,55)(H,50,56)(H,51,57)/t11-,15+,16+,17+,18+,19+,20+,21+,22+,23+,24+,25-,26+,27+,28+,29+,30+,31+,32-,33-,34-,35-,36-,37+,38-,39+,40+,41+,42?,43+,44-,45+,46-,47-,48-/m0/s1. The summed E-state index contributed by atoms with van der Waals surface area (Å²) in [5.74, 6) is -2.37. The molecule has 498 valence electrons. The Morgan fingerprint density at radius 3 is 1.10 bits per heavy atom. The van der Waals surface area contributed by atoms with Gasteiger partial charge in [-0.05, 0) is 6.92 Å². The van der Waals surface area contributed by atoms with Crippen LogP contribution in [0.25, 0.3) is 0 Å². The highest BCUT2D eigenvalue weighted by molar-refractivity contribution is 5.74. The number of hydrogen-bond donors (Lipinski definition) is 22. The Morgan fingerprint density at radius 1 is 0.326 bits per heavy atom. The lowest BCUT2D eigenvalue weighted by Crippen LogP contribution is -2.70. The zero-order chi connectivity index (χ0) is 63.5. The number of carbonyl (C=O) groups is 3. The van der Waals surface area contributed by atoms with Gasteiger partial charge in [0.25, 0.3) is 0 Å². The zero-order valence-corrected chi connectivity index (χ0v) is 46.5. The molecule has 0 spiro atoms. The van der Waals surface area contributed by atoms with E-state index in [9.17, 15) is 111 Å². The number of hydrogen-bond acceptors (Lipinski definition) is 35. The molecule has 38 nitrogen and oxygen atoms in total. The van der Waals surface area contributed by atoms with E-state index >= 15 is 0 Å². The fourth-order valence-corrected chi connectivity index (χ4v) is 10.9. The molecule has 0 radical (unpaired) electrons. The van der Waals surface area contributed by atoms with E-state index in [4.69, 9.17) is 61.6 Å². The molecule has 35 atom stereocenters. The summed E-state index contributed by atoms with van der Waals surface area (Å²) in [4.78, 5) is 37.2. The minimum Gasteiger partial charge on any atom is -0.394 e. The van der Waals surface area contributed by atoms with E-state index in [1.54, 1.807) is 0 Å². The molecule has 0 aromatic rings. The van der Waals surface area contributed by atoms with Gasteiger partial charge in [0.1, 0.15) is 165 Å². The second-order valence-electron chi connectivity index (χ2n) is 21.9. The summed E-state index contributed by atoms with van der Waals surface area (Å²) in [7, 11) is 0. The first-order valence-corrected chi connectivity index (χ1v) is 27.5. The molecule has 38 heteroatoms. The fourth-order valence-electron chi connectivity index (χ4n) is 10.9. The van der Waals surface area contributed by atoms with Crippen molar-refractivity contribution in [3.8, 4) is 0 Å². The van der Waals surface area contributed by atoms with Crippen LogP contribution in [0.3, 0.4) is 0 Å². The minimum absolute atomic E-state index is 0.729. The first kappa shape index (κ1) is 70.6. The molecular weight excluding hydrogens is 1180 g/mol. The van der Waals surface area contributed by atoms with Crippen molar-refractivity contribution in [1.29, 1.82) is 0 Å². The van der Waals surface area contributed by atoms with Crippen LogP contribution in [0.2, 0.25) is 0 Å². The van der Waals surface area contributed by atoms with Crippen molar-refractivity contribution in [2.75, 3.05) is 39.6 Å². The number of amides is 3. The van der Waals surface area contributed by atoms with Crippen LogP contribution in [0.5, 0.6) is 0 Å². The van der Waals surface area contributed by atoms with Crippen molar-refractivity contribution < 1.29 is 173 Å². The molecular formula is C48H81N3O35. The minimum atomic E-state index is -2.18. The van der Waals surface area contributed by atoms with E-state index in [2.05, 4.69) is 16.0 Å². The normalized spacial score (nSPS) is 49.4. The average Bonchev–Trinajstić information content (AvgIpc) is 1.26. The number of rotatable bonds is 21. The van der Waals surface area contributed by atoms with Crippen LogP contribution in [0, 0.1) is 0 Å². The predicted octanol–water partition coefficient (Wildman–Crippen LogP) is -14.8. The quantitative estimate of drug-likeness (QED) is 0.0507. The first-order chi connectivity index (χ1) is 40.5. The van der Waals surface area contributed by atoms with E-state index in [1.165, 1.54) is 6.92 Å². The highest BCUT2D eigenvalue weighted by Gasteiger charge is 2.57. The SMILES string of the molecule is CC(=O)N[C@H]1[C@H](O[C@H]2[C@H](O)[C@@H](NC(C)=O)C(O)O[C@@H]2CO[C@@H]2O[C@@H](C)[C@@H](O)[C@@H](O)[C@@H]2O)O[C@H](CO)[C@@H](O[C@@H]2O[C@H](CO[C@H]3O[C@H](CO[C@@H]4O[C@H](CO)[C@@H](O[C@@H]5O[C@H](CO)[C@H](O)[C@H](O)[C@H]5O)[C@H](O)[C@H]4NC(C)=O)[C@@H](O)[C@H](O)[C@@H]3O)[C@@H](O)[C@H](O)[C@@H]2O)[C@@H]1O. The third kappa shape index (κ3) is 15.7. The summed E-state index contributed by atoms with van der Waals surface area (Å²) in [5.41, 5.74) is 0. The van der Waals surface area contributed by atoms with Gasteiger partial charge in [0.15, 0.2) is 44.0 Å². The largest absolute Gasteiger partial charge is 0.394 e. The van der Waals surface area contributed by atoms with Crippen LogP contribution in [-0.2, 0) is 76.0 Å². The van der Waals surface area contributed by atoms with Crippen molar-refractivity contribution in [3.05, 3.63) is 0 Å². The Kier molecular flexibility index (Phi) is 25.0. The molecule has 7 heterocycles. The van der Waals surface area contributed by atoms with Crippen LogP contribution in [0.15, 0.2) is 0 Å². The van der Waals surface area contributed by atoms with Crippen LogP contribution >= 0.6 is 0 Å². The smallest absolute Gasteiger partial charge is 0.217 e. The molecule has 0 aromatic carbocycles. The molecule has 7 aliphatic rings. The van der Waals surface area contributed by atoms with Crippen LogP contribution in [0.1, 0.15) is 27.7 Å². The molecule has 7 aliphatic heterocycles. The van der Waals surface area contributed by atoms with Gasteiger partial charge in [0.2, 0.25) is 17.7 Å². The molecule has 7 fully saturated rings. The van der Waals surface area contributed by atoms with Gasteiger partial charge in [-0.2, -0.15) is 0 Å². The third-order valence-corrected chi connectivity index (χ3v) is 15.7. The Labute approximate surface area is 488 Å². The third-order valence-electron chi connectivity index (χ3n) is 15.7. The number of carbonyl (C=O) groups excluding carboxylic acids is 3. The molecule has 7 rings (SSSR count). The molecule has 86 heavy (non-hydrogen) atoms. The van der Waals surface area contributed by atoms with Crippen molar-refractivity contribution in [3.63, 3.8) is 0 Å². The van der Waals surface area contributed by atoms with Gasteiger partial charge in [-0.25, -0.2) is 0 Å². The number of nitrogens with one attached hydrogen (secondary N) is 3. The van der Waals surface area contributed by atoms with E-state index in [-0.39, 0.29) is 0 Å². The van der Waals surface area contributed by atoms with Crippen molar-refractivity contribution >= 4 is 17.7 Å². The first-order valence-electron chi connectivity index (χ1n) is 27.5. The van der Waals surface area contributed by atoms with Gasteiger partial charge < -0.3 is 175 Å². The monoisotopic (exact) mass is 1260 g/mol. The van der Waals surface area contributed by atoms with Crippen LogP contribution in [0.4, 0.5) is 0 Å². The molecule has 0 bridgehead atoms. The van der Waals surface area contributed by atoms with Gasteiger partial charge in [0, 0.05) is 20.8 Å². The highest BCUT2D eigenvalue weighted by atomic mass is 16.8. The molecule has 0 aromatic heterocycles. The Hall–Kier alpha value is -2.87. The summed E-state index contributed by atoms with van der Waals surface area (Å²) in [5, 5.41) is 212. The second-order valence-corrected chi connectivity index (χ2v) is 21.9. The summed E-state index contributed by atoms with van der Waals surface area (Å²) >= 11 is 0. The van der Waals surface area contributed by atoms with Gasteiger partial charge in [-0.1, -0.05) is 0 Å². The lowest BCUT2D eigenvalue weighted by molar-refractivity contribution is -0.368. The maximum Gasteiger partial charge on any atom is 0.217 e. The highest BCUT2D eigenvalue weighted by Crippen LogP contribution is 2.36. The number of aliphatic hydroxyl groups is 19.